The summed E-state index contributed by atoms with van der Waals surface area (Å²) in [4.78, 5) is 74.8. The molecule has 60 heavy (non-hydrogen) atoms. The number of benzene rings is 2. The van der Waals surface area contributed by atoms with E-state index in [9.17, 15) is 19.2 Å². The van der Waals surface area contributed by atoms with Crippen LogP contribution in [0.4, 0.5) is 23.3 Å². The van der Waals surface area contributed by atoms with Crippen LogP contribution in [-0.2, 0) is 10.8 Å². The molecule has 2 aromatic heterocycles. The second-order valence-corrected chi connectivity index (χ2v) is 17.2. The molecule has 0 saturated carbocycles. The Morgan fingerprint density at radius 3 is 1.42 bits per heavy atom. The van der Waals surface area contributed by atoms with E-state index in [0.29, 0.717) is 35.9 Å². The lowest BCUT2D eigenvalue weighted by atomic mass is 9.86. The Hall–Kier alpha value is -5.42. The zero-order valence-corrected chi connectivity index (χ0v) is 37.1. The van der Waals surface area contributed by atoms with Crippen molar-refractivity contribution in [1.29, 1.82) is 0 Å². The van der Waals surface area contributed by atoms with Gasteiger partial charge in [0, 0.05) is 64.9 Å². The van der Waals surface area contributed by atoms with E-state index in [-0.39, 0.29) is 58.7 Å². The van der Waals surface area contributed by atoms with E-state index >= 15 is 0 Å². The molecule has 18 heteroatoms. The average molecular weight is 866 g/mol. The van der Waals surface area contributed by atoms with Gasteiger partial charge >= 0.3 is 0 Å². The Balaban J connectivity index is 0.000000315. The summed E-state index contributed by atoms with van der Waals surface area (Å²) in [5, 5.41) is 5.46. The minimum Gasteiger partial charge on any atom is -0.364 e. The molecular weight excluding hydrogens is 807 g/mol. The Morgan fingerprint density at radius 1 is 0.617 bits per heavy atom. The Kier molecular flexibility index (Phi) is 15.6. The molecule has 2 aromatic carbocycles. The van der Waals surface area contributed by atoms with Gasteiger partial charge in [0.05, 0.1) is 6.20 Å². The van der Waals surface area contributed by atoms with Gasteiger partial charge in [0.2, 0.25) is 0 Å². The van der Waals surface area contributed by atoms with Crippen LogP contribution in [0.25, 0.3) is 0 Å². The lowest BCUT2D eigenvalue weighted by molar-refractivity contribution is 0.0985. The normalized spacial score (nSPS) is 14.9. The van der Waals surface area contributed by atoms with Gasteiger partial charge in [0.1, 0.15) is 5.82 Å². The molecule has 2 aliphatic heterocycles. The first kappa shape index (κ1) is 47.3. The number of hydrogen-bond acceptors (Lipinski definition) is 12. The number of primary amides is 2. The third-order valence-electron chi connectivity index (χ3n) is 10.2. The number of hydrogen-bond donors (Lipinski definition) is 4. The van der Waals surface area contributed by atoms with Crippen LogP contribution >= 0.6 is 24.0 Å². The molecule has 2 saturated heterocycles. The molecule has 6 N–H and O–H groups in total. The van der Waals surface area contributed by atoms with Crippen LogP contribution in [0.3, 0.4) is 0 Å². The van der Waals surface area contributed by atoms with Gasteiger partial charge in [-0.1, -0.05) is 77.4 Å². The van der Waals surface area contributed by atoms with Crippen molar-refractivity contribution in [3.8, 4) is 0 Å². The van der Waals surface area contributed by atoms with E-state index in [1.165, 1.54) is 6.20 Å². The third kappa shape index (κ3) is 12.1. The number of amides is 4. The molecule has 0 radical (unpaired) electrons. The molecule has 0 spiro atoms. The number of carbonyl (C=O) groups excluding carboxylic acids is 4. The highest BCUT2D eigenvalue weighted by atomic mass is 35.5. The number of nitrogens with two attached hydrogens (primary N) is 2. The fourth-order valence-electron chi connectivity index (χ4n) is 6.32. The van der Waals surface area contributed by atoms with Crippen LogP contribution in [-0.4, -0.2) is 120 Å². The Morgan fingerprint density at radius 2 is 1.02 bits per heavy atom. The minimum atomic E-state index is -0.812. The van der Waals surface area contributed by atoms with Crippen molar-refractivity contribution in [2.24, 2.45) is 11.5 Å². The summed E-state index contributed by atoms with van der Waals surface area (Å²) in [6.45, 7) is 19.1. The number of nitrogens with zero attached hydrogens (tertiary/aromatic N) is 8. The lowest BCUT2D eigenvalue weighted by Gasteiger charge is -2.33. The number of anilines is 4. The van der Waals surface area contributed by atoms with Gasteiger partial charge in [0.25, 0.3) is 23.6 Å². The summed E-state index contributed by atoms with van der Waals surface area (Å²) in [5.74, 6) is -1.19. The zero-order valence-electron chi connectivity index (χ0n) is 35.5. The van der Waals surface area contributed by atoms with Crippen LogP contribution in [0.15, 0.2) is 54.7 Å². The van der Waals surface area contributed by atoms with Crippen LogP contribution in [0.1, 0.15) is 95.8 Å². The van der Waals surface area contributed by atoms with Crippen molar-refractivity contribution in [2.45, 2.75) is 52.4 Å². The molecule has 2 fully saturated rings. The largest absolute Gasteiger partial charge is 0.364 e. The maximum Gasteiger partial charge on any atom is 0.271 e. The predicted octanol–water partition coefficient (Wildman–Crippen LogP) is 5.08. The molecule has 2 aliphatic rings. The summed E-state index contributed by atoms with van der Waals surface area (Å²) in [6.07, 6.45) is 1.53. The monoisotopic (exact) mass is 864 g/mol. The van der Waals surface area contributed by atoms with Gasteiger partial charge < -0.3 is 41.7 Å². The first-order valence-electron chi connectivity index (χ1n) is 19.5. The van der Waals surface area contributed by atoms with E-state index in [1.807, 2.05) is 36.2 Å². The summed E-state index contributed by atoms with van der Waals surface area (Å²) in [6, 6.07) is 14.7. The topological polar surface area (TPSA) is 209 Å². The number of carbonyl (C=O) groups is 4. The predicted molar refractivity (Wildman–Crippen MR) is 241 cm³/mol. The summed E-state index contributed by atoms with van der Waals surface area (Å²) in [5.41, 5.74) is 13.8. The molecule has 324 valence electrons. The summed E-state index contributed by atoms with van der Waals surface area (Å²) < 4.78 is 0. The second kappa shape index (κ2) is 19.8. The van der Waals surface area contributed by atoms with Gasteiger partial charge in [-0.2, -0.15) is 0 Å². The highest BCUT2D eigenvalue weighted by Crippen LogP contribution is 2.28. The van der Waals surface area contributed by atoms with Gasteiger partial charge in [-0.15, -0.1) is 12.4 Å². The van der Waals surface area contributed by atoms with Crippen molar-refractivity contribution in [2.75, 3.05) is 86.9 Å². The maximum absolute atomic E-state index is 12.8. The maximum atomic E-state index is 12.8. The first-order valence-corrected chi connectivity index (χ1v) is 19.8. The first-order chi connectivity index (χ1) is 27.7. The zero-order chi connectivity index (χ0) is 43.2. The lowest BCUT2D eigenvalue weighted by Crippen LogP contribution is -2.45. The van der Waals surface area contributed by atoms with E-state index in [0.717, 1.165) is 50.4 Å². The minimum absolute atomic E-state index is 0. The Labute approximate surface area is 364 Å². The van der Waals surface area contributed by atoms with E-state index in [1.54, 1.807) is 24.3 Å². The molecule has 0 atom stereocenters. The molecule has 0 bridgehead atoms. The standard InChI is InChI=1S/C21H27ClN6O2.C21H28N6O2.ClH.H2/c1-21(2,3)14-7-5-13(6-8-14)20(30)26-18-15(17(23)29)24-16(22)19(25-18)28-11-9-27(4)10-12-28;1-21(2,3)15-7-5-14(6-8-15)20(29)25-19-17(18(22)28)23-13-16(24-19)27-11-9-26(4)10-12-27;;/h5-8H,9-12H2,1-4H3,(H2,23,29)(H,25,26,30);5-8,13H,9-12H2,1-4H3,(H2,22,28)(H,24,25,29);2*1H. The van der Waals surface area contributed by atoms with E-state index < -0.39 is 17.7 Å². The number of nitrogens with one attached hydrogen (secondary N) is 2. The number of rotatable bonds is 8. The molecule has 0 aliphatic carbocycles. The highest BCUT2D eigenvalue weighted by molar-refractivity contribution is 6.32. The number of halogens is 2. The molecule has 4 amide bonds. The van der Waals surface area contributed by atoms with Crippen molar-refractivity contribution in [3.63, 3.8) is 0 Å². The Bertz CT molecular complexity index is 2170. The van der Waals surface area contributed by atoms with E-state index in [2.05, 4.69) is 93.9 Å². The fourth-order valence-corrected chi connectivity index (χ4v) is 6.57. The van der Waals surface area contributed by atoms with Crippen molar-refractivity contribution < 1.29 is 20.6 Å². The van der Waals surface area contributed by atoms with Gasteiger partial charge in [-0.3, -0.25) is 19.2 Å². The third-order valence-corrected chi connectivity index (χ3v) is 10.4. The van der Waals surface area contributed by atoms with Crippen LogP contribution in [0.2, 0.25) is 5.15 Å². The SMILES string of the molecule is CN1CCN(c2cnc(C(N)=O)c(NC(=O)c3ccc(C(C)(C)C)cc3)n2)CC1.CN1CCN(c2nc(NC(=O)c3ccc(C(C)(C)C)cc3)c(C(N)=O)nc2Cl)CC1.Cl.[HH]. The summed E-state index contributed by atoms with van der Waals surface area (Å²) in [7, 11) is 4.10. The van der Waals surface area contributed by atoms with Crippen molar-refractivity contribution in [1.82, 2.24) is 29.7 Å². The van der Waals surface area contributed by atoms with Crippen LogP contribution in [0, 0.1) is 0 Å². The van der Waals surface area contributed by atoms with Crippen LogP contribution < -0.4 is 31.9 Å². The van der Waals surface area contributed by atoms with E-state index in [4.69, 9.17) is 23.1 Å². The van der Waals surface area contributed by atoms with Crippen molar-refractivity contribution in [3.05, 3.63) is 93.5 Å². The highest BCUT2D eigenvalue weighted by Gasteiger charge is 2.25. The molecule has 16 nitrogen and oxygen atoms in total. The van der Waals surface area contributed by atoms with Gasteiger partial charge in [-0.05, 0) is 60.3 Å². The summed E-state index contributed by atoms with van der Waals surface area (Å²) >= 11 is 6.28. The average Bonchev–Trinajstić information content (AvgIpc) is 3.18. The molecule has 4 aromatic rings. The molecule has 4 heterocycles. The fraction of sp³-hybridized carbons (Fsp3) is 0.429. The second-order valence-electron chi connectivity index (χ2n) is 16.8. The molecule has 0 unspecified atom stereocenters. The number of piperazine rings is 2. The number of aromatic nitrogens is 4. The van der Waals surface area contributed by atoms with Gasteiger partial charge in [-0.25, -0.2) is 19.9 Å². The van der Waals surface area contributed by atoms with Gasteiger partial charge in [0.15, 0.2) is 34.0 Å². The van der Waals surface area contributed by atoms with Crippen LogP contribution in [0.5, 0.6) is 0 Å². The molecular formula is C42H58Cl2N12O4. The molecule has 6 rings (SSSR count). The smallest absolute Gasteiger partial charge is 0.271 e. The van der Waals surface area contributed by atoms with Crippen molar-refractivity contribution >= 4 is 70.9 Å². The quantitative estimate of drug-likeness (QED) is 0.183. The number of likely N-dealkylation sites (N-methyl/N-ethyl adjacent to an activating group) is 2.